The number of rotatable bonds is 12. The maximum absolute atomic E-state index is 13.6. The number of hydrogen-bond acceptors (Lipinski definition) is 10. The molecule has 0 radical (unpaired) electrons. The molecular weight excluding hydrogens is 474 g/mol. The van der Waals surface area contributed by atoms with Gasteiger partial charge in [0.05, 0.1) is 29.8 Å². The first-order valence-corrected chi connectivity index (χ1v) is 12.3. The average molecular weight is 500 g/mol. The molecule has 0 fully saturated rings. The van der Waals surface area contributed by atoms with Gasteiger partial charge in [-0.3, -0.25) is 19.1 Å². The minimum Gasteiger partial charge on any atom is -0.327 e. The monoisotopic (exact) mass is 499 g/mol. The first-order chi connectivity index (χ1) is 16.5. The van der Waals surface area contributed by atoms with Gasteiger partial charge >= 0.3 is 0 Å². The zero-order valence-electron chi connectivity index (χ0n) is 18.9. The van der Waals surface area contributed by atoms with Crippen molar-refractivity contribution < 1.29 is 4.79 Å². The summed E-state index contributed by atoms with van der Waals surface area (Å²) < 4.78 is 1.57. The highest BCUT2D eigenvalue weighted by molar-refractivity contribution is 7.16. The average Bonchev–Trinajstić information content (AvgIpc) is 3.53. The van der Waals surface area contributed by atoms with Gasteiger partial charge < -0.3 is 10.2 Å². The molecule has 0 saturated heterocycles. The van der Waals surface area contributed by atoms with Gasteiger partial charge in [0.2, 0.25) is 0 Å². The largest absolute Gasteiger partial charge is 0.327 e. The van der Waals surface area contributed by atoms with E-state index in [2.05, 4.69) is 27.0 Å². The number of nitrogens with zero attached hydrogens (tertiary/aromatic N) is 6. The number of thiazole rings is 2. The SMILES string of the molecule is C=C/C=C(\C=C/N=O)C(=O)N(CCNC)C(CC)c1nc2scnc2c(=O)n1Cc1cncs1. The van der Waals surface area contributed by atoms with Gasteiger partial charge in [-0.2, -0.15) is 0 Å². The Morgan fingerprint density at radius 2 is 2.21 bits per heavy atom. The van der Waals surface area contributed by atoms with E-state index < -0.39 is 6.04 Å². The molecule has 34 heavy (non-hydrogen) atoms. The van der Waals surface area contributed by atoms with Crippen LogP contribution in [0.2, 0.25) is 0 Å². The highest BCUT2D eigenvalue weighted by atomic mass is 32.1. The zero-order chi connectivity index (χ0) is 24.5. The van der Waals surface area contributed by atoms with E-state index in [4.69, 9.17) is 4.98 Å². The third-order valence-corrected chi connectivity index (χ3v) is 6.55. The van der Waals surface area contributed by atoms with Crippen LogP contribution >= 0.6 is 22.7 Å². The smallest absolute Gasteiger partial charge is 0.281 e. The Hall–Kier alpha value is -3.35. The summed E-state index contributed by atoms with van der Waals surface area (Å²) in [5.74, 6) is 0.141. The summed E-state index contributed by atoms with van der Waals surface area (Å²) in [7, 11) is 1.79. The molecule has 0 aliphatic carbocycles. The lowest BCUT2D eigenvalue weighted by Crippen LogP contribution is -2.42. The lowest BCUT2D eigenvalue weighted by atomic mass is 10.1. The zero-order valence-corrected chi connectivity index (χ0v) is 20.5. The number of carbonyl (C=O) groups excluding carboxylic acids is 1. The van der Waals surface area contributed by atoms with Gasteiger partial charge in [-0.1, -0.05) is 19.6 Å². The Labute approximate surface area is 204 Å². The molecule has 1 amide bonds. The lowest BCUT2D eigenvalue weighted by Gasteiger charge is -2.32. The number of hydrogen-bond donors (Lipinski definition) is 1. The summed E-state index contributed by atoms with van der Waals surface area (Å²) in [6.45, 7) is 6.73. The van der Waals surface area contributed by atoms with Crippen molar-refractivity contribution in [3.63, 3.8) is 0 Å². The van der Waals surface area contributed by atoms with Gasteiger partial charge in [0.25, 0.3) is 11.5 Å². The predicted molar refractivity (Wildman–Crippen MR) is 135 cm³/mol. The summed E-state index contributed by atoms with van der Waals surface area (Å²) in [6, 6.07) is -0.515. The minimum atomic E-state index is -0.515. The molecule has 3 heterocycles. The summed E-state index contributed by atoms with van der Waals surface area (Å²) in [5.41, 5.74) is 3.58. The number of fused-ring (bicyclic) bond motifs is 1. The molecule has 0 saturated carbocycles. The van der Waals surface area contributed by atoms with E-state index in [1.165, 1.54) is 40.9 Å². The molecule has 1 unspecified atom stereocenters. The van der Waals surface area contributed by atoms with Crippen LogP contribution in [0.3, 0.4) is 0 Å². The van der Waals surface area contributed by atoms with Gasteiger partial charge in [0.15, 0.2) is 10.3 Å². The van der Waals surface area contributed by atoms with Gasteiger partial charge in [0, 0.05) is 29.7 Å². The van der Waals surface area contributed by atoms with Crippen LogP contribution in [0.5, 0.6) is 0 Å². The van der Waals surface area contributed by atoms with Crippen molar-refractivity contribution in [2.45, 2.75) is 25.9 Å². The fraction of sp³-hybridized carbons (Fsp3) is 0.318. The van der Waals surface area contributed by atoms with E-state index in [1.54, 1.807) is 33.7 Å². The van der Waals surface area contributed by atoms with Crippen LogP contribution in [0.25, 0.3) is 10.3 Å². The van der Waals surface area contributed by atoms with E-state index in [-0.39, 0.29) is 23.6 Å². The van der Waals surface area contributed by atoms with Crippen molar-refractivity contribution >= 4 is 38.9 Å². The molecule has 3 aromatic heterocycles. The molecule has 1 atom stereocenters. The maximum atomic E-state index is 13.6. The Bertz CT molecular complexity index is 1260. The Balaban J connectivity index is 2.16. The van der Waals surface area contributed by atoms with Crippen molar-refractivity contribution in [3.05, 3.63) is 79.8 Å². The third kappa shape index (κ3) is 5.58. The molecule has 0 aliphatic rings. The fourth-order valence-corrected chi connectivity index (χ4v) is 4.76. The van der Waals surface area contributed by atoms with E-state index in [1.807, 2.05) is 6.92 Å². The minimum absolute atomic E-state index is 0.249. The maximum Gasteiger partial charge on any atom is 0.281 e. The van der Waals surface area contributed by atoms with Crippen LogP contribution in [0.15, 0.2) is 63.8 Å². The molecule has 10 nitrogen and oxygen atoms in total. The van der Waals surface area contributed by atoms with Crippen LogP contribution in [0, 0.1) is 4.91 Å². The normalized spacial score (nSPS) is 12.8. The highest BCUT2D eigenvalue weighted by Gasteiger charge is 2.30. The number of carbonyl (C=O) groups is 1. The summed E-state index contributed by atoms with van der Waals surface area (Å²) in [6.07, 6.45) is 7.57. The predicted octanol–water partition coefficient (Wildman–Crippen LogP) is 3.25. The number of nitrogens with one attached hydrogen (secondary N) is 1. The first-order valence-electron chi connectivity index (χ1n) is 10.5. The number of amides is 1. The molecule has 3 rings (SSSR count). The Kier molecular flexibility index (Phi) is 9.08. The molecule has 0 bridgehead atoms. The van der Waals surface area contributed by atoms with E-state index in [0.29, 0.717) is 35.7 Å². The molecule has 3 aromatic rings. The van der Waals surface area contributed by atoms with Crippen LogP contribution in [-0.4, -0.2) is 50.5 Å². The van der Waals surface area contributed by atoms with Crippen LogP contribution in [-0.2, 0) is 11.3 Å². The molecule has 12 heteroatoms. The third-order valence-electron chi connectivity index (χ3n) is 5.07. The van der Waals surface area contributed by atoms with E-state index in [0.717, 1.165) is 11.1 Å². The summed E-state index contributed by atoms with van der Waals surface area (Å²) >= 11 is 2.71. The van der Waals surface area contributed by atoms with Crippen molar-refractivity contribution in [2.24, 2.45) is 5.18 Å². The fourth-order valence-electron chi connectivity index (χ4n) is 3.52. The molecule has 0 aliphatic heterocycles. The Morgan fingerprint density at radius 1 is 1.38 bits per heavy atom. The van der Waals surface area contributed by atoms with Gasteiger partial charge in [-0.25, -0.2) is 9.97 Å². The molecule has 0 spiro atoms. The molecule has 0 aromatic carbocycles. The van der Waals surface area contributed by atoms with Crippen LogP contribution in [0.1, 0.15) is 30.1 Å². The molecule has 178 valence electrons. The van der Waals surface area contributed by atoms with E-state index in [9.17, 15) is 14.5 Å². The number of aromatic nitrogens is 4. The van der Waals surface area contributed by atoms with Gasteiger partial charge in [-0.15, -0.1) is 27.6 Å². The second-order valence-corrected chi connectivity index (χ2v) is 8.94. The van der Waals surface area contributed by atoms with Gasteiger partial charge in [0.1, 0.15) is 5.82 Å². The standard InChI is InChI=1S/C22H25N7O3S2/c1-4-6-15(7-8-26-32)21(30)28(10-9-23-3)17(5-2)19-27-20-18(25-14-34-20)22(31)29(19)12-16-11-24-13-33-16/h4,6-8,11,13-14,17,23H,1,5,9-10,12H2,2-3H3/b8-7-,15-6+. The van der Waals surface area contributed by atoms with Gasteiger partial charge in [-0.05, 0) is 30.8 Å². The van der Waals surface area contributed by atoms with Crippen molar-refractivity contribution in [3.8, 4) is 0 Å². The number of likely N-dealkylation sites (N-methyl/N-ethyl adjacent to an activating group) is 1. The second kappa shape index (κ2) is 12.2. The van der Waals surface area contributed by atoms with Crippen molar-refractivity contribution in [1.82, 2.24) is 29.7 Å². The van der Waals surface area contributed by atoms with Crippen LogP contribution < -0.4 is 10.9 Å². The topological polar surface area (TPSA) is 122 Å². The lowest BCUT2D eigenvalue weighted by molar-refractivity contribution is -0.129. The van der Waals surface area contributed by atoms with Crippen molar-refractivity contribution in [1.29, 1.82) is 0 Å². The number of allylic oxidation sites excluding steroid dienone is 2. The summed E-state index contributed by atoms with van der Waals surface area (Å²) in [4.78, 5) is 53.8. The highest BCUT2D eigenvalue weighted by Crippen LogP contribution is 2.27. The molecular formula is C22H25N7O3S2. The quantitative estimate of drug-likeness (QED) is 0.231. The first kappa shape index (κ1) is 25.3. The van der Waals surface area contributed by atoms with Crippen LogP contribution in [0.4, 0.5) is 0 Å². The van der Waals surface area contributed by atoms with Crippen molar-refractivity contribution in [2.75, 3.05) is 20.1 Å². The Morgan fingerprint density at radius 3 is 2.85 bits per heavy atom. The van der Waals surface area contributed by atoms with E-state index >= 15 is 0 Å². The summed E-state index contributed by atoms with van der Waals surface area (Å²) in [5, 5.41) is 5.79. The second-order valence-electron chi connectivity index (χ2n) is 7.14. The molecule has 1 N–H and O–H groups in total. The number of nitroso groups, excluding NO2 is 1.